The molecule has 1 heterocycles. The zero-order valence-corrected chi connectivity index (χ0v) is 15.9. The van der Waals surface area contributed by atoms with Crippen LogP contribution in [0.3, 0.4) is 0 Å². The highest BCUT2D eigenvalue weighted by Crippen LogP contribution is 2.26. The number of benzene rings is 2. The highest BCUT2D eigenvalue weighted by Gasteiger charge is 2.30. The average molecular weight is 375 g/mol. The van der Waals surface area contributed by atoms with Crippen LogP contribution in [0.25, 0.3) is 0 Å². The second-order valence-corrected chi connectivity index (χ2v) is 8.94. The SMILES string of the molecule is CC(C)(O)c1ccc(N2CCN(S(=O)(=O)c3ccccc3N)CC2)cc1. The van der Waals surface area contributed by atoms with Crippen molar-refractivity contribution >= 4 is 21.4 Å². The molecule has 26 heavy (non-hydrogen) atoms. The minimum absolute atomic E-state index is 0.169. The molecule has 3 rings (SSSR count). The van der Waals surface area contributed by atoms with Crippen LogP contribution >= 0.6 is 0 Å². The van der Waals surface area contributed by atoms with Gasteiger partial charge in [-0.05, 0) is 43.7 Å². The first-order valence-corrected chi connectivity index (χ1v) is 10.1. The lowest BCUT2D eigenvalue weighted by Gasteiger charge is -2.35. The molecule has 2 aromatic carbocycles. The Morgan fingerprint density at radius 2 is 1.54 bits per heavy atom. The first-order valence-electron chi connectivity index (χ1n) is 8.62. The molecule has 7 heteroatoms. The summed E-state index contributed by atoms with van der Waals surface area (Å²) in [6.45, 7) is 5.53. The molecule has 2 aromatic rings. The third kappa shape index (κ3) is 3.70. The molecule has 0 amide bonds. The van der Waals surface area contributed by atoms with Gasteiger partial charge in [0, 0.05) is 31.9 Å². The molecule has 0 spiro atoms. The van der Waals surface area contributed by atoms with E-state index in [1.165, 1.54) is 4.31 Å². The summed E-state index contributed by atoms with van der Waals surface area (Å²) >= 11 is 0. The van der Waals surface area contributed by atoms with Crippen LogP contribution in [-0.2, 0) is 15.6 Å². The molecule has 1 aliphatic heterocycles. The number of nitrogens with two attached hydrogens (primary N) is 1. The van der Waals surface area contributed by atoms with Crippen LogP contribution in [0.4, 0.5) is 11.4 Å². The summed E-state index contributed by atoms with van der Waals surface area (Å²) in [6.07, 6.45) is 0. The summed E-state index contributed by atoms with van der Waals surface area (Å²) in [5, 5.41) is 10.0. The van der Waals surface area contributed by atoms with Gasteiger partial charge >= 0.3 is 0 Å². The fraction of sp³-hybridized carbons (Fsp3) is 0.368. The number of hydrogen-bond acceptors (Lipinski definition) is 5. The molecule has 0 atom stereocenters. The average Bonchev–Trinajstić information content (AvgIpc) is 2.61. The highest BCUT2D eigenvalue weighted by atomic mass is 32.2. The van der Waals surface area contributed by atoms with Crippen LogP contribution in [0.2, 0.25) is 0 Å². The fourth-order valence-electron chi connectivity index (χ4n) is 3.12. The molecule has 0 radical (unpaired) electrons. The Bertz CT molecular complexity index is 866. The van der Waals surface area contributed by atoms with Crippen LogP contribution in [0.15, 0.2) is 53.4 Å². The van der Waals surface area contributed by atoms with Gasteiger partial charge in [0.05, 0.1) is 11.3 Å². The van der Waals surface area contributed by atoms with Gasteiger partial charge in [0.15, 0.2) is 0 Å². The molecule has 6 nitrogen and oxygen atoms in total. The number of sulfonamides is 1. The van der Waals surface area contributed by atoms with Gasteiger partial charge in [0.2, 0.25) is 10.0 Å². The number of nitrogen functional groups attached to an aromatic ring is 1. The van der Waals surface area contributed by atoms with E-state index in [1.807, 2.05) is 24.3 Å². The number of nitrogens with zero attached hydrogens (tertiary/aromatic N) is 2. The Labute approximate surface area is 154 Å². The van der Waals surface area contributed by atoms with E-state index in [0.717, 1.165) is 11.3 Å². The summed E-state index contributed by atoms with van der Waals surface area (Å²) in [7, 11) is -3.58. The monoisotopic (exact) mass is 375 g/mol. The number of piperazine rings is 1. The normalized spacial score (nSPS) is 16.7. The summed E-state index contributed by atoms with van der Waals surface area (Å²) in [5.74, 6) is 0. The van der Waals surface area contributed by atoms with Crippen LogP contribution in [0.1, 0.15) is 19.4 Å². The topological polar surface area (TPSA) is 86.9 Å². The molecule has 1 aliphatic rings. The van der Waals surface area contributed by atoms with Crippen molar-refractivity contribution in [2.45, 2.75) is 24.3 Å². The maximum absolute atomic E-state index is 12.8. The molecule has 0 unspecified atom stereocenters. The molecule has 1 saturated heterocycles. The maximum Gasteiger partial charge on any atom is 0.245 e. The number of anilines is 2. The number of hydrogen-bond donors (Lipinski definition) is 2. The number of aliphatic hydroxyl groups is 1. The standard InChI is InChI=1S/C19H25N3O3S/c1-19(2,23)15-7-9-16(10-8-15)21-11-13-22(14-12-21)26(24,25)18-6-4-3-5-17(18)20/h3-10,23H,11-14,20H2,1-2H3. The molecule has 0 aromatic heterocycles. The van der Waals surface area contributed by atoms with Gasteiger partial charge in [-0.15, -0.1) is 0 Å². The van der Waals surface area contributed by atoms with Crippen molar-refractivity contribution in [2.24, 2.45) is 0 Å². The molecule has 140 valence electrons. The molecular weight excluding hydrogens is 350 g/mol. The Kier molecular flexibility index (Phi) is 4.96. The van der Waals surface area contributed by atoms with E-state index in [1.54, 1.807) is 38.1 Å². The smallest absolute Gasteiger partial charge is 0.245 e. The zero-order valence-electron chi connectivity index (χ0n) is 15.1. The third-order valence-electron chi connectivity index (χ3n) is 4.71. The summed E-state index contributed by atoms with van der Waals surface area (Å²) < 4.78 is 27.1. The predicted octanol–water partition coefficient (Wildman–Crippen LogP) is 2.01. The first-order chi connectivity index (χ1) is 12.2. The molecular formula is C19H25N3O3S. The van der Waals surface area contributed by atoms with E-state index in [4.69, 9.17) is 5.73 Å². The van der Waals surface area contributed by atoms with E-state index < -0.39 is 15.6 Å². The van der Waals surface area contributed by atoms with Crippen molar-refractivity contribution in [1.29, 1.82) is 0 Å². The van der Waals surface area contributed by atoms with E-state index in [2.05, 4.69) is 4.90 Å². The number of para-hydroxylation sites is 1. The fourth-order valence-corrected chi connectivity index (χ4v) is 4.66. The van der Waals surface area contributed by atoms with Gasteiger partial charge in [-0.3, -0.25) is 0 Å². The lowest BCUT2D eigenvalue weighted by molar-refractivity contribution is 0.0786. The Morgan fingerprint density at radius 3 is 2.08 bits per heavy atom. The van der Waals surface area contributed by atoms with Gasteiger partial charge in [-0.25, -0.2) is 8.42 Å². The van der Waals surface area contributed by atoms with Gasteiger partial charge < -0.3 is 15.7 Å². The van der Waals surface area contributed by atoms with Crippen molar-refractivity contribution < 1.29 is 13.5 Å². The van der Waals surface area contributed by atoms with Gasteiger partial charge in [-0.2, -0.15) is 4.31 Å². The van der Waals surface area contributed by atoms with Crippen LogP contribution in [-0.4, -0.2) is 44.0 Å². The van der Waals surface area contributed by atoms with Gasteiger partial charge in [0.25, 0.3) is 0 Å². The first kappa shape index (κ1) is 18.7. The Hall–Kier alpha value is -2.09. The Balaban J connectivity index is 1.70. The molecule has 0 bridgehead atoms. The summed E-state index contributed by atoms with van der Waals surface area (Å²) in [4.78, 5) is 2.32. The van der Waals surface area contributed by atoms with Gasteiger partial charge in [-0.1, -0.05) is 24.3 Å². The lowest BCUT2D eigenvalue weighted by Crippen LogP contribution is -2.48. The van der Waals surface area contributed by atoms with Crippen molar-refractivity contribution in [3.8, 4) is 0 Å². The molecule has 0 aliphatic carbocycles. The van der Waals surface area contributed by atoms with Gasteiger partial charge in [0.1, 0.15) is 4.90 Å². The van der Waals surface area contributed by atoms with E-state index >= 15 is 0 Å². The third-order valence-corrected chi connectivity index (χ3v) is 6.69. The van der Waals surface area contributed by atoms with Crippen LogP contribution in [0, 0.1) is 0 Å². The van der Waals surface area contributed by atoms with Crippen LogP contribution in [0.5, 0.6) is 0 Å². The molecule has 3 N–H and O–H groups in total. The lowest BCUT2D eigenvalue weighted by atomic mass is 9.98. The van der Waals surface area contributed by atoms with E-state index in [0.29, 0.717) is 26.2 Å². The second-order valence-electron chi connectivity index (χ2n) is 7.03. The summed E-state index contributed by atoms with van der Waals surface area (Å²) in [5.41, 5.74) is 7.12. The van der Waals surface area contributed by atoms with E-state index in [9.17, 15) is 13.5 Å². The van der Waals surface area contributed by atoms with Crippen molar-refractivity contribution in [3.63, 3.8) is 0 Å². The highest BCUT2D eigenvalue weighted by molar-refractivity contribution is 7.89. The van der Waals surface area contributed by atoms with Crippen LogP contribution < -0.4 is 10.6 Å². The molecule has 0 saturated carbocycles. The largest absolute Gasteiger partial charge is 0.398 e. The minimum atomic E-state index is -3.58. The zero-order chi connectivity index (χ0) is 18.9. The quantitative estimate of drug-likeness (QED) is 0.798. The Morgan fingerprint density at radius 1 is 0.962 bits per heavy atom. The minimum Gasteiger partial charge on any atom is -0.398 e. The van der Waals surface area contributed by atoms with Crippen molar-refractivity contribution in [2.75, 3.05) is 36.8 Å². The van der Waals surface area contributed by atoms with Crippen molar-refractivity contribution in [1.82, 2.24) is 4.31 Å². The second kappa shape index (κ2) is 6.90. The van der Waals surface area contributed by atoms with Crippen molar-refractivity contribution in [3.05, 3.63) is 54.1 Å². The van der Waals surface area contributed by atoms with E-state index in [-0.39, 0.29) is 10.6 Å². The predicted molar refractivity (Wildman–Crippen MR) is 104 cm³/mol. The maximum atomic E-state index is 12.8. The summed E-state index contributed by atoms with van der Waals surface area (Å²) in [6, 6.07) is 14.3. The molecule has 1 fully saturated rings. The number of rotatable bonds is 4.